The second kappa shape index (κ2) is 7.11. The van der Waals surface area contributed by atoms with Crippen molar-refractivity contribution in [2.75, 3.05) is 5.32 Å². The van der Waals surface area contributed by atoms with Gasteiger partial charge in [-0.2, -0.15) is 5.26 Å². The molecule has 0 fully saturated rings. The van der Waals surface area contributed by atoms with Crippen molar-refractivity contribution in [3.05, 3.63) is 54.9 Å². The van der Waals surface area contributed by atoms with Crippen molar-refractivity contribution >= 4 is 67.8 Å². The molecule has 0 atom stereocenters. The first-order valence-corrected chi connectivity index (χ1v) is 7.88. The van der Waals surface area contributed by atoms with Crippen LogP contribution in [0.25, 0.3) is 6.08 Å². The van der Waals surface area contributed by atoms with Crippen molar-refractivity contribution in [2.45, 2.75) is 0 Å². The Balaban J connectivity index is 2.24. The third-order valence-corrected chi connectivity index (χ3v) is 4.90. The summed E-state index contributed by atoms with van der Waals surface area (Å²) >= 11 is 11.3. The molecule has 0 unspecified atom stereocenters. The van der Waals surface area contributed by atoms with E-state index in [1.807, 2.05) is 28.7 Å². The molecule has 0 aliphatic heterocycles. The van der Waals surface area contributed by atoms with Gasteiger partial charge in [-0.25, -0.2) is 0 Å². The maximum Gasteiger partial charge on any atom is 0.266 e. The number of hydrogen-bond acceptors (Lipinski definition) is 3. The highest BCUT2D eigenvalue weighted by Gasteiger charge is 2.13. The summed E-state index contributed by atoms with van der Waals surface area (Å²) < 4.78 is 6.78. The molecule has 106 valence electrons. The van der Waals surface area contributed by atoms with Gasteiger partial charge in [0.2, 0.25) is 0 Å². The Hall–Kier alpha value is -1.30. The number of halogens is 3. The van der Waals surface area contributed by atoms with E-state index in [9.17, 15) is 4.79 Å². The molecule has 1 amide bonds. The van der Waals surface area contributed by atoms with Crippen LogP contribution >= 0.6 is 50.1 Å². The van der Waals surface area contributed by atoms with Crippen LogP contribution in [-0.4, -0.2) is 5.91 Å². The molecule has 0 aliphatic carbocycles. The van der Waals surface area contributed by atoms with Gasteiger partial charge in [0.25, 0.3) is 5.91 Å². The molecule has 0 bridgehead atoms. The summed E-state index contributed by atoms with van der Waals surface area (Å²) in [5.41, 5.74) is 0.369. The predicted molar refractivity (Wildman–Crippen MR) is 92.8 cm³/mol. The Morgan fingerprint density at radius 1 is 1.48 bits per heavy atom. The summed E-state index contributed by atoms with van der Waals surface area (Å²) in [7, 11) is 0. The third kappa shape index (κ3) is 4.09. The molecule has 21 heavy (non-hydrogen) atoms. The van der Waals surface area contributed by atoms with E-state index in [-0.39, 0.29) is 5.57 Å². The van der Waals surface area contributed by atoms with Crippen molar-refractivity contribution in [3.63, 3.8) is 0 Å². The highest BCUT2D eigenvalue weighted by molar-refractivity contribution is 14.1. The zero-order valence-corrected chi connectivity index (χ0v) is 14.9. The summed E-state index contributed by atoms with van der Waals surface area (Å²) in [5, 5.41) is 12.1. The molecule has 1 N–H and O–H groups in total. The van der Waals surface area contributed by atoms with Crippen LogP contribution in [0.5, 0.6) is 0 Å². The number of para-hydroxylation sites is 1. The summed E-state index contributed by atoms with van der Waals surface area (Å²) in [4.78, 5) is 12.1. The van der Waals surface area contributed by atoms with Gasteiger partial charge >= 0.3 is 0 Å². The molecule has 1 aromatic carbocycles. The molecular formula is C14H7BrClIN2O2. The number of furan rings is 1. The van der Waals surface area contributed by atoms with Crippen LogP contribution in [0, 0.1) is 15.1 Å². The molecule has 2 rings (SSSR count). The number of nitriles is 1. The van der Waals surface area contributed by atoms with Crippen molar-refractivity contribution in [2.24, 2.45) is 0 Å². The summed E-state index contributed by atoms with van der Waals surface area (Å²) in [6.07, 6.45) is 1.37. The quantitative estimate of drug-likeness (QED) is 0.391. The van der Waals surface area contributed by atoms with E-state index in [0.29, 0.717) is 20.2 Å². The molecule has 0 saturated heterocycles. The van der Waals surface area contributed by atoms with Gasteiger partial charge in [0.1, 0.15) is 17.4 Å². The van der Waals surface area contributed by atoms with Crippen LogP contribution in [0.4, 0.5) is 5.69 Å². The molecule has 1 aromatic heterocycles. The molecule has 2 aromatic rings. The Morgan fingerprint density at radius 2 is 2.19 bits per heavy atom. The number of carbonyl (C=O) groups excluding carboxylic acids is 1. The fourth-order valence-electron chi connectivity index (χ4n) is 1.48. The number of benzene rings is 1. The lowest BCUT2D eigenvalue weighted by molar-refractivity contribution is -0.112. The Morgan fingerprint density at radius 3 is 2.76 bits per heavy atom. The minimum absolute atomic E-state index is 0.0763. The number of carbonyl (C=O) groups is 1. The van der Waals surface area contributed by atoms with Crippen LogP contribution in [0.2, 0.25) is 5.02 Å². The zero-order valence-electron chi connectivity index (χ0n) is 10.4. The van der Waals surface area contributed by atoms with Crippen LogP contribution in [0.15, 0.2) is 44.8 Å². The lowest BCUT2D eigenvalue weighted by atomic mass is 10.2. The van der Waals surface area contributed by atoms with E-state index in [1.54, 1.807) is 30.3 Å². The smallest absolute Gasteiger partial charge is 0.266 e. The predicted octanol–water partition coefficient (Wildman–Crippen LogP) is 4.85. The van der Waals surface area contributed by atoms with Gasteiger partial charge < -0.3 is 9.73 Å². The Kier molecular flexibility index (Phi) is 5.45. The van der Waals surface area contributed by atoms with Crippen molar-refractivity contribution in [3.8, 4) is 6.07 Å². The summed E-state index contributed by atoms with van der Waals surface area (Å²) in [5.74, 6) is -0.134. The maximum atomic E-state index is 12.1. The number of nitrogens with one attached hydrogen (secondary N) is 1. The van der Waals surface area contributed by atoms with E-state index >= 15 is 0 Å². The van der Waals surface area contributed by atoms with Crippen molar-refractivity contribution in [1.82, 2.24) is 0 Å². The van der Waals surface area contributed by atoms with Gasteiger partial charge in [-0.1, -0.05) is 23.7 Å². The highest BCUT2D eigenvalue weighted by Crippen LogP contribution is 2.25. The summed E-state index contributed by atoms with van der Waals surface area (Å²) in [6, 6.07) is 10.3. The normalized spacial score (nSPS) is 11.0. The fourth-order valence-corrected chi connectivity index (χ4v) is 2.38. The second-order valence-corrected chi connectivity index (χ2v) is 6.12. The SMILES string of the molecule is N#CC(=Cc1cc(Br)c(I)o1)C(=O)Nc1ccccc1Cl. The van der Waals surface area contributed by atoms with Gasteiger partial charge in [0.05, 0.1) is 15.2 Å². The average Bonchev–Trinajstić information content (AvgIpc) is 2.77. The van der Waals surface area contributed by atoms with E-state index in [2.05, 4.69) is 21.2 Å². The summed E-state index contributed by atoms with van der Waals surface area (Å²) in [6.45, 7) is 0. The molecule has 7 heteroatoms. The first-order valence-electron chi connectivity index (χ1n) is 5.63. The van der Waals surface area contributed by atoms with Crippen molar-refractivity contribution < 1.29 is 9.21 Å². The monoisotopic (exact) mass is 476 g/mol. The molecule has 0 spiro atoms. The van der Waals surface area contributed by atoms with Crippen LogP contribution in [0.3, 0.4) is 0 Å². The van der Waals surface area contributed by atoms with Crippen LogP contribution in [-0.2, 0) is 4.79 Å². The number of anilines is 1. The van der Waals surface area contributed by atoms with Gasteiger partial charge in [0.15, 0.2) is 3.77 Å². The lowest BCUT2D eigenvalue weighted by Crippen LogP contribution is -2.13. The van der Waals surface area contributed by atoms with E-state index in [4.69, 9.17) is 21.3 Å². The lowest BCUT2D eigenvalue weighted by Gasteiger charge is -2.05. The minimum Gasteiger partial charge on any atom is -0.450 e. The zero-order chi connectivity index (χ0) is 15.4. The highest BCUT2D eigenvalue weighted by atomic mass is 127. The van der Waals surface area contributed by atoms with Crippen LogP contribution < -0.4 is 5.32 Å². The molecule has 1 heterocycles. The van der Waals surface area contributed by atoms with E-state index in [0.717, 1.165) is 4.47 Å². The van der Waals surface area contributed by atoms with E-state index in [1.165, 1.54) is 6.08 Å². The molecule has 0 saturated carbocycles. The number of nitrogens with zero attached hydrogens (tertiary/aromatic N) is 1. The fraction of sp³-hybridized carbons (Fsp3) is 0. The third-order valence-electron chi connectivity index (χ3n) is 2.44. The first kappa shape index (κ1) is 16.1. The standard InChI is InChI=1S/C14H7BrClIN2O2/c15-10-6-9(21-13(10)17)5-8(7-18)14(20)19-12-4-2-1-3-11(12)16/h1-6H,(H,19,20). The molecule has 4 nitrogen and oxygen atoms in total. The maximum absolute atomic E-state index is 12.1. The Labute approximate surface area is 148 Å². The van der Waals surface area contributed by atoms with Crippen LogP contribution in [0.1, 0.15) is 5.76 Å². The van der Waals surface area contributed by atoms with E-state index < -0.39 is 5.91 Å². The Bertz CT molecular complexity index is 745. The average molecular weight is 477 g/mol. The van der Waals surface area contributed by atoms with Gasteiger partial charge in [-0.3, -0.25) is 4.79 Å². The number of rotatable bonds is 3. The topological polar surface area (TPSA) is 66.0 Å². The molecular weight excluding hydrogens is 470 g/mol. The first-order chi connectivity index (χ1) is 10.0. The number of amides is 1. The largest absolute Gasteiger partial charge is 0.450 e. The van der Waals surface area contributed by atoms with Gasteiger partial charge in [0, 0.05) is 28.7 Å². The van der Waals surface area contributed by atoms with Gasteiger partial charge in [-0.15, -0.1) is 0 Å². The van der Waals surface area contributed by atoms with Gasteiger partial charge in [-0.05, 0) is 34.1 Å². The second-order valence-electron chi connectivity index (χ2n) is 3.87. The minimum atomic E-state index is -0.548. The number of hydrogen-bond donors (Lipinski definition) is 1. The molecule has 0 aliphatic rings. The van der Waals surface area contributed by atoms with Crippen molar-refractivity contribution in [1.29, 1.82) is 5.26 Å². The molecule has 0 radical (unpaired) electrons.